The molecule has 0 radical (unpaired) electrons. The Labute approximate surface area is 245 Å². The molecule has 22 heteroatoms. The van der Waals surface area contributed by atoms with Crippen LogP contribution in [0.2, 0.25) is 0 Å². The number of hydrogen-bond acceptors (Lipinski definition) is 15. The van der Waals surface area contributed by atoms with E-state index in [-0.39, 0.29) is 42.6 Å². The maximum absolute atomic E-state index is 13.2. The Morgan fingerprint density at radius 2 is 1.88 bits per heavy atom. The van der Waals surface area contributed by atoms with Crippen molar-refractivity contribution in [1.82, 2.24) is 34.1 Å². The van der Waals surface area contributed by atoms with Gasteiger partial charge in [-0.2, -0.15) is 4.98 Å². The summed E-state index contributed by atoms with van der Waals surface area (Å²) in [7, 11) is -4.73. The first-order chi connectivity index (χ1) is 20.5. The van der Waals surface area contributed by atoms with Crippen molar-refractivity contribution >= 4 is 60.3 Å². The molecule has 43 heavy (non-hydrogen) atoms. The standard InChI is InChI=1S/C21H25N9O10P2S/c22-16-10-1-2-29(17(10)25-7-24-16)11-5-35-13-6-37-42(34,43)39-12-3-9(4-36-41(32,33)40-15(11)13)38-20(12)30-8-26-14-18(30)27-21(23)28-19(14)31/h1-2,7-9,11-13,15,20H,3-6H2,(H,32,33)(H,34,43)(H2,22,24,25)(H3,23,27,28,31)/t9-,11?,12+,13+,15-,20+,42?/m0/s1. The molecule has 7 heterocycles. The summed E-state index contributed by atoms with van der Waals surface area (Å²) in [5.41, 5.74) is 11.7. The highest BCUT2D eigenvalue weighted by Crippen LogP contribution is 2.53. The quantitative estimate of drug-likeness (QED) is 0.179. The maximum atomic E-state index is 13.2. The molecule has 3 unspecified atom stereocenters. The van der Waals surface area contributed by atoms with Gasteiger partial charge in [-0.25, -0.2) is 19.5 Å². The number of hydrogen-bond donors (Lipinski definition) is 5. The topological polar surface area (TPSA) is 259 Å². The van der Waals surface area contributed by atoms with Crippen LogP contribution in [-0.4, -0.2) is 88.1 Å². The fourth-order valence-electron chi connectivity index (χ4n) is 5.46. The first-order valence-corrected chi connectivity index (χ1v) is 16.9. The normalized spacial score (nSPS) is 35.4. The Morgan fingerprint density at radius 3 is 2.72 bits per heavy atom. The molecule has 8 atom stereocenters. The van der Waals surface area contributed by atoms with Crippen LogP contribution in [0.1, 0.15) is 18.7 Å². The summed E-state index contributed by atoms with van der Waals surface area (Å²) in [6.07, 6.45) is -0.587. The van der Waals surface area contributed by atoms with Gasteiger partial charge in [0, 0.05) is 12.6 Å². The number of aromatic nitrogens is 7. The van der Waals surface area contributed by atoms with Crippen LogP contribution in [0.3, 0.4) is 0 Å². The first-order valence-electron chi connectivity index (χ1n) is 12.9. The Bertz CT molecular complexity index is 1870. The molecule has 0 spiro atoms. The molecule has 0 aromatic carbocycles. The molecule has 4 aromatic heterocycles. The number of rotatable bonds is 2. The molecule has 3 aliphatic rings. The van der Waals surface area contributed by atoms with E-state index in [2.05, 4.69) is 24.9 Å². The van der Waals surface area contributed by atoms with Crippen LogP contribution in [0.4, 0.5) is 11.8 Å². The zero-order valence-corrected chi connectivity index (χ0v) is 24.5. The highest BCUT2D eigenvalue weighted by Gasteiger charge is 2.48. The first kappa shape index (κ1) is 28.9. The number of imidazole rings is 1. The number of anilines is 2. The van der Waals surface area contributed by atoms with Gasteiger partial charge in [0.15, 0.2) is 17.4 Å². The molecule has 19 nitrogen and oxygen atoms in total. The van der Waals surface area contributed by atoms with E-state index in [4.69, 9.17) is 50.8 Å². The van der Waals surface area contributed by atoms with Gasteiger partial charge in [-0.05, 0) is 17.9 Å². The average molecular weight is 657 g/mol. The van der Waals surface area contributed by atoms with Crippen LogP contribution in [0.15, 0.2) is 29.7 Å². The molecular formula is C21H25N9O10P2S. The number of nitrogens with one attached hydrogen (secondary N) is 1. The second kappa shape index (κ2) is 10.6. The molecule has 0 aliphatic carbocycles. The summed E-state index contributed by atoms with van der Waals surface area (Å²) in [6.45, 7) is -4.69. The van der Waals surface area contributed by atoms with Crippen LogP contribution in [0.5, 0.6) is 0 Å². The number of phosphoric acid groups is 1. The summed E-state index contributed by atoms with van der Waals surface area (Å²) < 4.78 is 50.8. The highest BCUT2D eigenvalue weighted by molar-refractivity contribution is 8.07. The SMILES string of the molecule is Nc1nc2c(ncn2[C@@H]2O[C@@H]3COP(=O)(O)O[C@H]4C(n5ccc6c(N)ncnc65)CO[C@@H]4COP(O)(=S)O[C@@H]2C3)c(=O)[nH]1. The van der Waals surface area contributed by atoms with Crippen molar-refractivity contribution in [3.8, 4) is 0 Å². The van der Waals surface area contributed by atoms with Gasteiger partial charge < -0.3 is 44.3 Å². The van der Waals surface area contributed by atoms with E-state index in [1.165, 1.54) is 17.2 Å². The van der Waals surface area contributed by atoms with Crippen molar-refractivity contribution in [3.63, 3.8) is 0 Å². The Balaban J connectivity index is 1.19. The lowest BCUT2D eigenvalue weighted by molar-refractivity contribution is -0.0559. The smallest absolute Gasteiger partial charge is 0.383 e. The van der Waals surface area contributed by atoms with E-state index in [1.807, 2.05) is 0 Å². The van der Waals surface area contributed by atoms with Gasteiger partial charge in [0.25, 0.3) is 5.56 Å². The van der Waals surface area contributed by atoms with Gasteiger partial charge in [0.1, 0.15) is 36.1 Å². The van der Waals surface area contributed by atoms with Crippen LogP contribution < -0.4 is 17.0 Å². The molecule has 3 saturated heterocycles. The summed E-state index contributed by atoms with van der Waals surface area (Å²) in [5, 5.41) is 0.574. The van der Waals surface area contributed by atoms with Gasteiger partial charge in [0.2, 0.25) is 5.95 Å². The second-order valence-corrected chi connectivity index (χ2v) is 14.3. The van der Waals surface area contributed by atoms with Crippen LogP contribution in [0.25, 0.3) is 22.2 Å². The van der Waals surface area contributed by atoms with Crippen molar-refractivity contribution < 1.29 is 41.9 Å². The molecular weight excluding hydrogens is 632 g/mol. The third-order valence-electron chi connectivity index (χ3n) is 7.34. The minimum Gasteiger partial charge on any atom is -0.383 e. The fraction of sp³-hybridized carbons (Fsp3) is 0.476. The highest BCUT2D eigenvalue weighted by atomic mass is 32.5. The van der Waals surface area contributed by atoms with E-state index in [0.29, 0.717) is 11.0 Å². The van der Waals surface area contributed by atoms with Crippen LogP contribution in [0, 0.1) is 0 Å². The van der Waals surface area contributed by atoms with E-state index >= 15 is 0 Å². The zero-order valence-electron chi connectivity index (χ0n) is 21.9. The molecule has 3 aliphatic heterocycles. The number of nitrogen functional groups attached to an aromatic ring is 2. The molecule has 7 N–H and O–H groups in total. The number of aromatic amines is 1. The maximum Gasteiger partial charge on any atom is 0.472 e. The van der Waals surface area contributed by atoms with Gasteiger partial charge in [-0.1, -0.05) is 0 Å². The third-order valence-corrected chi connectivity index (χ3v) is 9.92. The molecule has 0 amide bonds. The molecule has 2 bridgehead atoms. The van der Waals surface area contributed by atoms with Gasteiger partial charge in [0.05, 0.1) is 43.7 Å². The lowest BCUT2D eigenvalue weighted by Gasteiger charge is -2.28. The monoisotopic (exact) mass is 657 g/mol. The summed E-state index contributed by atoms with van der Waals surface area (Å²) in [4.78, 5) is 53.0. The number of fused-ring (bicyclic) bond motifs is 5. The van der Waals surface area contributed by atoms with Crippen LogP contribution in [-0.2, 0) is 43.9 Å². The largest absolute Gasteiger partial charge is 0.472 e. The second-order valence-electron chi connectivity index (χ2n) is 10.1. The molecule has 0 saturated carbocycles. The lowest BCUT2D eigenvalue weighted by Crippen LogP contribution is -2.34. The predicted molar refractivity (Wildman–Crippen MR) is 150 cm³/mol. The van der Waals surface area contributed by atoms with Crippen molar-refractivity contribution in [1.29, 1.82) is 0 Å². The summed E-state index contributed by atoms with van der Waals surface area (Å²) in [5.74, 6) is 0.106. The number of ether oxygens (including phenoxy) is 2. The minimum atomic E-state index is -4.73. The third kappa shape index (κ3) is 5.38. The van der Waals surface area contributed by atoms with E-state index in [0.717, 1.165) is 0 Å². The number of nitrogens with zero attached hydrogens (tertiary/aromatic N) is 6. The van der Waals surface area contributed by atoms with Gasteiger partial charge in [-0.15, -0.1) is 0 Å². The van der Waals surface area contributed by atoms with Crippen molar-refractivity contribution in [2.24, 2.45) is 0 Å². The predicted octanol–water partition coefficient (Wildman–Crippen LogP) is 0.0907. The molecule has 230 valence electrons. The zero-order chi connectivity index (χ0) is 30.1. The number of nitrogens with two attached hydrogens (primary N) is 2. The van der Waals surface area contributed by atoms with E-state index in [9.17, 15) is 19.1 Å². The van der Waals surface area contributed by atoms with Crippen molar-refractivity contribution in [2.45, 2.75) is 43.1 Å². The van der Waals surface area contributed by atoms with Gasteiger partial charge in [-0.3, -0.25) is 23.4 Å². The summed E-state index contributed by atoms with van der Waals surface area (Å²) >= 11 is 5.31. The van der Waals surface area contributed by atoms with E-state index < -0.39 is 63.4 Å². The molecule has 3 fully saturated rings. The Kier molecular flexibility index (Phi) is 7.14. The minimum absolute atomic E-state index is 0.0119. The average Bonchev–Trinajstić information content (AvgIpc) is 3.71. The number of H-pyrrole nitrogens is 1. The van der Waals surface area contributed by atoms with Gasteiger partial charge >= 0.3 is 14.5 Å². The lowest BCUT2D eigenvalue weighted by atomic mass is 10.1. The molecule has 4 aromatic rings. The van der Waals surface area contributed by atoms with Crippen molar-refractivity contribution in [2.75, 3.05) is 31.3 Å². The summed E-state index contributed by atoms with van der Waals surface area (Å²) in [6, 6.07) is 1.04. The van der Waals surface area contributed by atoms with Crippen molar-refractivity contribution in [3.05, 3.63) is 35.3 Å². The Hall–Kier alpha value is -2.87. The van der Waals surface area contributed by atoms with Crippen LogP contribution >= 0.6 is 14.5 Å². The van der Waals surface area contributed by atoms with E-state index in [1.54, 1.807) is 16.8 Å². The Morgan fingerprint density at radius 1 is 1.05 bits per heavy atom. The number of phosphoric ester groups is 1. The fourth-order valence-corrected chi connectivity index (χ4v) is 7.90. The molecule has 7 rings (SSSR count).